The average molecular weight is 336 g/mol. The summed E-state index contributed by atoms with van der Waals surface area (Å²) >= 11 is 0. The van der Waals surface area contributed by atoms with Crippen molar-refractivity contribution in [2.45, 2.75) is 79.4 Å². The molecule has 3 saturated carbocycles. The summed E-state index contributed by atoms with van der Waals surface area (Å²) in [5.41, 5.74) is -1.06. The Bertz CT molecular complexity index is 479. The first-order valence-electron chi connectivity index (χ1n) is 9.42. The van der Waals surface area contributed by atoms with Crippen LogP contribution in [0.1, 0.15) is 67.2 Å². The van der Waals surface area contributed by atoms with Crippen molar-refractivity contribution in [2.24, 2.45) is 34.5 Å². The van der Waals surface area contributed by atoms with E-state index in [9.17, 15) is 9.59 Å². The smallest absolute Gasteiger partial charge is 0.311 e. The van der Waals surface area contributed by atoms with Crippen molar-refractivity contribution < 1.29 is 19.1 Å². The van der Waals surface area contributed by atoms with E-state index in [1.165, 1.54) is 19.3 Å². The number of fused-ring (bicyclic) bond motifs is 5. The van der Waals surface area contributed by atoms with E-state index in [-0.39, 0.29) is 24.1 Å². The van der Waals surface area contributed by atoms with Crippen molar-refractivity contribution in [1.29, 1.82) is 0 Å². The normalized spacial score (nSPS) is 38.1. The lowest BCUT2D eigenvalue weighted by molar-refractivity contribution is -0.187. The molecule has 2 bridgehead atoms. The summed E-state index contributed by atoms with van der Waals surface area (Å²) in [5, 5.41) is 0. The third-order valence-corrected chi connectivity index (χ3v) is 6.15. The van der Waals surface area contributed by atoms with Crippen LogP contribution in [0.15, 0.2) is 0 Å². The molecule has 0 saturated heterocycles. The maximum Gasteiger partial charge on any atom is 0.311 e. The molecular weight excluding hydrogens is 304 g/mol. The maximum atomic E-state index is 12.5. The van der Waals surface area contributed by atoms with E-state index in [1.807, 2.05) is 41.5 Å². The van der Waals surface area contributed by atoms with Crippen molar-refractivity contribution in [3.05, 3.63) is 0 Å². The molecule has 0 radical (unpaired) electrons. The van der Waals surface area contributed by atoms with Gasteiger partial charge < -0.3 is 9.47 Å². The molecule has 3 fully saturated rings. The Morgan fingerprint density at radius 1 is 0.708 bits per heavy atom. The van der Waals surface area contributed by atoms with Gasteiger partial charge in [0.25, 0.3) is 0 Å². The molecule has 0 amide bonds. The number of carbonyl (C=O) groups is 2. The van der Waals surface area contributed by atoms with Gasteiger partial charge in [0, 0.05) is 11.8 Å². The largest absolute Gasteiger partial charge is 0.458 e. The Labute approximate surface area is 145 Å². The standard InChI is InChI=1S/C20H32O4/c1-19(2,3)17(21)23-15-13-10-14(12-9-7-8-11(12)13)16(15)24-18(22)20(4,5)6/h11-16H,7-10H2,1-6H3. The second kappa shape index (κ2) is 5.74. The van der Waals surface area contributed by atoms with Crippen LogP contribution in [-0.4, -0.2) is 24.1 Å². The van der Waals surface area contributed by atoms with Crippen LogP contribution in [-0.2, 0) is 19.1 Å². The summed E-state index contributed by atoms with van der Waals surface area (Å²) < 4.78 is 11.9. The van der Waals surface area contributed by atoms with Gasteiger partial charge >= 0.3 is 11.9 Å². The Kier molecular flexibility index (Phi) is 4.25. The number of rotatable bonds is 2. The van der Waals surface area contributed by atoms with Gasteiger partial charge in [-0.3, -0.25) is 9.59 Å². The van der Waals surface area contributed by atoms with E-state index in [4.69, 9.17) is 9.47 Å². The third-order valence-electron chi connectivity index (χ3n) is 6.15. The van der Waals surface area contributed by atoms with Crippen molar-refractivity contribution in [2.75, 3.05) is 0 Å². The van der Waals surface area contributed by atoms with E-state index in [0.29, 0.717) is 23.7 Å². The lowest BCUT2D eigenvalue weighted by Gasteiger charge is -2.39. The fraction of sp³-hybridized carbons (Fsp3) is 0.900. The fourth-order valence-corrected chi connectivity index (χ4v) is 4.90. The highest BCUT2D eigenvalue weighted by Gasteiger charge is 2.62. The van der Waals surface area contributed by atoms with Crippen LogP contribution < -0.4 is 0 Å². The molecule has 0 aromatic heterocycles. The summed E-state index contributed by atoms with van der Waals surface area (Å²) in [5.74, 6) is 1.66. The first kappa shape index (κ1) is 17.8. The molecule has 4 heteroatoms. The van der Waals surface area contributed by atoms with E-state index in [1.54, 1.807) is 0 Å². The van der Waals surface area contributed by atoms with Crippen molar-refractivity contribution in [1.82, 2.24) is 0 Å². The van der Waals surface area contributed by atoms with Gasteiger partial charge in [0.1, 0.15) is 12.2 Å². The molecule has 0 N–H and O–H groups in total. The fourth-order valence-electron chi connectivity index (χ4n) is 4.90. The van der Waals surface area contributed by atoms with Crippen LogP contribution in [0.2, 0.25) is 0 Å². The van der Waals surface area contributed by atoms with Crippen molar-refractivity contribution in [3.8, 4) is 0 Å². The van der Waals surface area contributed by atoms with E-state index in [0.717, 1.165) is 6.42 Å². The molecule has 24 heavy (non-hydrogen) atoms. The Balaban J connectivity index is 1.81. The van der Waals surface area contributed by atoms with Crippen LogP contribution in [0, 0.1) is 34.5 Å². The summed E-state index contributed by atoms with van der Waals surface area (Å²) in [6.07, 6.45) is 4.24. The quantitative estimate of drug-likeness (QED) is 0.716. The van der Waals surface area contributed by atoms with Crippen molar-refractivity contribution in [3.63, 3.8) is 0 Å². The SMILES string of the molecule is CC(C)(C)C(=O)OC1C2CC(C3CCCC32)C1OC(=O)C(C)(C)C. The highest BCUT2D eigenvalue weighted by molar-refractivity contribution is 5.76. The summed E-state index contributed by atoms with van der Waals surface area (Å²) in [6.45, 7) is 11.2. The maximum absolute atomic E-state index is 12.5. The first-order valence-corrected chi connectivity index (χ1v) is 9.42. The van der Waals surface area contributed by atoms with Crippen LogP contribution >= 0.6 is 0 Å². The summed E-state index contributed by atoms with van der Waals surface area (Å²) in [6, 6.07) is 0. The lowest BCUT2D eigenvalue weighted by atomic mass is 9.78. The van der Waals surface area contributed by atoms with Gasteiger partial charge in [-0.15, -0.1) is 0 Å². The first-order chi connectivity index (χ1) is 11.0. The van der Waals surface area contributed by atoms with Gasteiger partial charge in [-0.05, 0) is 72.6 Å². The molecule has 0 aliphatic heterocycles. The minimum atomic E-state index is -0.532. The zero-order valence-electron chi connectivity index (χ0n) is 15.9. The summed E-state index contributed by atoms with van der Waals surface area (Å²) in [7, 11) is 0. The van der Waals surface area contributed by atoms with Crippen LogP contribution in [0.3, 0.4) is 0 Å². The minimum Gasteiger partial charge on any atom is -0.458 e. The Morgan fingerprint density at radius 2 is 1.08 bits per heavy atom. The number of carbonyl (C=O) groups excluding carboxylic acids is 2. The van der Waals surface area contributed by atoms with E-state index < -0.39 is 10.8 Å². The zero-order chi connectivity index (χ0) is 17.9. The minimum absolute atomic E-state index is 0.189. The molecule has 3 aliphatic rings. The molecule has 6 unspecified atom stereocenters. The second-order valence-corrected chi connectivity index (χ2v) is 10.1. The Hall–Kier alpha value is -1.06. The van der Waals surface area contributed by atoms with Crippen molar-refractivity contribution >= 4 is 11.9 Å². The topological polar surface area (TPSA) is 52.6 Å². The number of hydrogen-bond acceptors (Lipinski definition) is 4. The highest BCUT2D eigenvalue weighted by atomic mass is 16.6. The van der Waals surface area contributed by atoms with E-state index >= 15 is 0 Å². The van der Waals surface area contributed by atoms with Crippen LogP contribution in [0.5, 0.6) is 0 Å². The molecular formula is C20H32O4. The molecule has 3 aliphatic carbocycles. The molecule has 0 aromatic carbocycles. The second-order valence-electron chi connectivity index (χ2n) is 10.1. The lowest BCUT2D eigenvalue weighted by Crippen LogP contribution is -2.47. The molecule has 3 rings (SSSR count). The van der Waals surface area contributed by atoms with E-state index in [2.05, 4.69) is 0 Å². The number of esters is 2. The van der Waals surface area contributed by atoms with Crippen LogP contribution in [0.4, 0.5) is 0 Å². The third kappa shape index (κ3) is 2.97. The number of hydrogen-bond donors (Lipinski definition) is 0. The van der Waals surface area contributed by atoms with Crippen LogP contribution in [0.25, 0.3) is 0 Å². The predicted molar refractivity (Wildman–Crippen MR) is 91.1 cm³/mol. The number of ether oxygens (including phenoxy) is 2. The summed E-state index contributed by atoms with van der Waals surface area (Å²) in [4.78, 5) is 24.9. The highest BCUT2D eigenvalue weighted by Crippen LogP contribution is 2.60. The molecule has 4 nitrogen and oxygen atoms in total. The van der Waals surface area contributed by atoms with Gasteiger partial charge in [-0.1, -0.05) is 6.42 Å². The molecule has 0 spiro atoms. The van der Waals surface area contributed by atoms with Gasteiger partial charge in [0.15, 0.2) is 0 Å². The van der Waals surface area contributed by atoms with Gasteiger partial charge in [-0.25, -0.2) is 0 Å². The predicted octanol–water partition coefficient (Wildman–Crippen LogP) is 3.97. The average Bonchev–Trinajstić information content (AvgIpc) is 3.08. The van der Waals surface area contributed by atoms with Gasteiger partial charge in [0.2, 0.25) is 0 Å². The Morgan fingerprint density at radius 3 is 1.42 bits per heavy atom. The van der Waals surface area contributed by atoms with Gasteiger partial charge in [-0.2, -0.15) is 0 Å². The monoisotopic (exact) mass is 336 g/mol. The zero-order valence-corrected chi connectivity index (χ0v) is 15.9. The molecule has 6 atom stereocenters. The molecule has 136 valence electrons. The van der Waals surface area contributed by atoms with Gasteiger partial charge in [0.05, 0.1) is 10.8 Å². The molecule has 0 aromatic rings. The molecule has 0 heterocycles.